The van der Waals surface area contributed by atoms with E-state index in [1.165, 1.54) is 18.3 Å². The van der Waals surface area contributed by atoms with Gasteiger partial charge in [-0.05, 0) is 36.4 Å². The maximum atomic E-state index is 12.0. The smallest absolute Gasteiger partial charge is 0.337 e. The minimum atomic E-state index is -1.10. The van der Waals surface area contributed by atoms with E-state index < -0.39 is 5.97 Å². The average molecular weight is 442 g/mol. The second-order valence-electron chi connectivity index (χ2n) is 6.42. The molecule has 0 saturated heterocycles. The van der Waals surface area contributed by atoms with Crippen molar-refractivity contribution >= 4 is 35.4 Å². The second-order valence-corrected chi connectivity index (χ2v) is 6.82. The van der Waals surface area contributed by atoms with Crippen LogP contribution in [0.2, 0.25) is 5.02 Å². The first-order valence-corrected chi connectivity index (χ1v) is 9.46. The summed E-state index contributed by atoms with van der Waals surface area (Å²) in [6, 6.07) is 13.2. The lowest BCUT2D eigenvalue weighted by atomic mass is 10.1. The Kier molecular flexibility index (Phi) is 5.76. The quantitative estimate of drug-likeness (QED) is 0.378. The van der Waals surface area contributed by atoms with Gasteiger partial charge in [0.25, 0.3) is 5.91 Å². The van der Waals surface area contributed by atoms with E-state index in [0.29, 0.717) is 34.3 Å². The van der Waals surface area contributed by atoms with E-state index in [1.807, 2.05) is 0 Å². The van der Waals surface area contributed by atoms with Crippen LogP contribution in [-0.4, -0.2) is 36.5 Å². The lowest BCUT2D eigenvalue weighted by Crippen LogP contribution is -2.25. The van der Waals surface area contributed by atoms with E-state index in [0.717, 1.165) is 0 Å². The van der Waals surface area contributed by atoms with Crippen LogP contribution in [0.5, 0.6) is 11.5 Å². The third kappa shape index (κ3) is 4.78. The molecule has 1 aliphatic rings. The molecule has 9 nitrogen and oxygen atoms in total. The minimum Gasteiger partial charge on any atom is -0.478 e. The van der Waals surface area contributed by atoms with Crippen LogP contribution in [0.1, 0.15) is 16.1 Å². The van der Waals surface area contributed by atoms with Crippen LogP contribution in [0.4, 0.5) is 5.69 Å². The van der Waals surface area contributed by atoms with Gasteiger partial charge in [-0.15, -0.1) is 0 Å². The highest BCUT2D eigenvalue weighted by Gasteiger charge is 2.14. The number of amides is 1. The summed E-state index contributed by atoms with van der Waals surface area (Å²) in [6.45, 7) is 0.192. The summed E-state index contributed by atoms with van der Waals surface area (Å²) in [4.78, 5) is 23.0. The van der Waals surface area contributed by atoms with E-state index in [4.69, 9.17) is 30.6 Å². The van der Waals surface area contributed by atoms with Crippen LogP contribution in [0.25, 0.3) is 11.3 Å². The number of nitrogens with one attached hydrogen (secondary N) is 2. The molecule has 1 aliphatic heterocycles. The van der Waals surface area contributed by atoms with Crippen LogP contribution in [0.15, 0.2) is 58.0 Å². The van der Waals surface area contributed by atoms with Crippen molar-refractivity contribution in [1.82, 2.24) is 5.43 Å². The number of rotatable bonds is 7. The summed E-state index contributed by atoms with van der Waals surface area (Å²) >= 11 is 5.99. The highest BCUT2D eigenvalue weighted by atomic mass is 35.5. The van der Waals surface area contributed by atoms with Crippen molar-refractivity contribution in [1.29, 1.82) is 0 Å². The number of carbonyl (C=O) groups excluding carboxylic acids is 1. The van der Waals surface area contributed by atoms with Gasteiger partial charge in [0.15, 0.2) is 11.5 Å². The SMILES string of the molecule is O=C(CNc1ccc2c(c1)OCO2)N/N=C\c1ccc(-c2ccc(C(=O)O)c(Cl)c2)o1. The van der Waals surface area contributed by atoms with Gasteiger partial charge >= 0.3 is 5.97 Å². The number of benzene rings is 2. The minimum absolute atomic E-state index is 0.00874. The van der Waals surface area contributed by atoms with Gasteiger partial charge in [-0.3, -0.25) is 4.79 Å². The summed E-state index contributed by atoms with van der Waals surface area (Å²) < 4.78 is 16.2. The predicted octanol–water partition coefficient (Wildman–Crippen LogP) is 3.59. The molecule has 4 rings (SSSR count). The van der Waals surface area contributed by atoms with Crippen molar-refractivity contribution in [3.8, 4) is 22.8 Å². The number of aromatic carboxylic acids is 1. The summed E-state index contributed by atoms with van der Waals surface area (Å²) in [6.07, 6.45) is 1.36. The maximum Gasteiger partial charge on any atom is 0.337 e. The molecule has 0 atom stereocenters. The largest absolute Gasteiger partial charge is 0.478 e. The number of carbonyl (C=O) groups is 2. The van der Waals surface area contributed by atoms with Gasteiger partial charge in [0.05, 0.1) is 23.3 Å². The molecule has 158 valence electrons. The number of carboxylic acid groups (broad SMARTS) is 1. The van der Waals surface area contributed by atoms with Crippen molar-refractivity contribution in [2.75, 3.05) is 18.7 Å². The standard InChI is InChI=1S/C21H16ClN3O6/c22-16-7-12(1-4-15(16)21(27)28)17-6-3-14(31-17)9-24-25-20(26)10-23-13-2-5-18-19(8-13)30-11-29-18/h1-9,23H,10-11H2,(H,25,26)(H,27,28)/b24-9-. The zero-order chi connectivity index (χ0) is 21.8. The highest BCUT2D eigenvalue weighted by Crippen LogP contribution is 2.34. The fraction of sp³-hybridized carbons (Fsp3) is 0.0952. The topological polar surface area (TPSA) is 122 Å². The molecule has 1 amide bonds. The van der Waals surface area contributed by atoms with Crippen molar-refractivity contribution in [3.63, 3.8) is 0 Å². The predicted molar refractivity (Wildman–Crippen MR) is 113 cm³/mol. The Hall–Kier alpha value is -3.98. The number of nitrogens with zero attached hydrogens (tertiary/aromatic N) is 1. The molecular formula is C21H16ClN3O6. The molecule has 0 unspecified atom stereocenters. The Morgan fingerprint density at radius 2 is 1.94 bits per heavy atom. The number of furan rings is 1. The van der Waals surface area contributed by atoms with Crippen molar-refractivity contribution in [3.05, 3.63) is 64.9 Å². The Balaban J connectivity index is 1.30. The highest BCUT2D eigenvalue weighted by molar-refractivity contribution is 6.33. The molecule has 0 bridgehead atoms. The first kappa shape index (κ1) is 20.3. The summed E-state index contributed by atoms with van der Waals surface area (Å²) in [5.74, 6) is 0.714. The van der Waals surface area contributed by atoms with Crippen LogP contribution >= 0.6 is 11.6 Å². The number of hydrogen-bond donors (Lipinski definition) is 3. The number of anilines is 1. The molecule has 0 radical (unpaired) electrons. The van der Waals surface area contributed by atoms with Crippen LogP contribution in [0, 0.1) is 0 Å². The average Bonchev–Trinajstić information content (AvgIpc) is 3.41. The first-order valence-electron chi connectivity index (χ1n) is 9.08. The van der Waals surface area contributed by atoms with E-state index in [9.17, 15) is 9.59 Å². The van der Waals surface area contributed by atoms with Gasteiger partial charge in [0.1, 0.15) is 11.5 Å². The Labute approximate surface area is 181 Å². The fourth-order valence-corrected chi connectivity index (χ4v) is 3.08. The molecule has 2 aromatic carbocycles. The van der Waals surface area contributed by atoms with Crippen LogP contribution < -0.4 is 20.2 Å². The molecule has 0 fully saturated rings. The Morgan fingerprint density at radius 1 is 1.10 bits per heavy atom. The lowest BCUT2D eigenvalue weighted by molar-refractivity contribution is -0.119. The van der Waals surface area contributed by atoms with Crippen molar-refractivity contribution in [2.45, 2.75) is 0 Å². The molecule has 0 spiro atoms. The van der Waals surface area contributed by atoms with Crippen molar-refractivity contribution in [2.24, 2.45) is 5.10 Å². The van der Waals surface area contributed by atoms with Gasteiger partial charge in [0.2, 0.25) is 6.79 Å². The number of halogens is 1. The third-order valence-electron chi connectivity index (χ3n) is 4.32. The molecule has 31 heavy (non-hydrogen) atoms. The van der Waals surface area contributed by atoms with Gasteiger partial charge in [-0.2, -0.15) is 5.10 Å². The zero-order valence-electron chi connectivity index (χ0n) is 15.9. The Morgan fingerprint density at radius 3 is 2.74 bits per heavy atom. The van der Waals surface area contributed by atoms with Gasteiger partial charge in [-0.1, -0.05) is 17.7 Å². The molecule has 3 N–H and O–H groups in total. The molecule has 0 aliphatic carbocycles. The van der Waals surface area contributed by atoms with E-state index in [-0.39, 0.29) is 29.8 Å². The molecule has 2 heterocycles. The van der Waals surface area contributed by atoms with Gasteiger partial charge in [-0.25, -0.2) is 10.2 Å². The second kappa shape index (κ2) is 8.80. The molecule has 10 heteroatoms. The van der Waals surface area contributed by atoms with Gasteiger partial charge in [0, 0.05) is 17.3 Å². The summed E-state index contributed by atoms with van der Waals surface area (Å²) in [7, 11) is 0. The van der Waals surface area contributed by atoms with E-state index in [1.54, 1.807) is 36.4 Å². The third-order valence-corrected chi connectivity index (χ3v) is 4.63. The van der Waals surface area contributed by atoms with Crippen molar-refractivity contribution < 1.29 is 28.6 Å². The number of hydrazone groups is 1. The number of carboxylic acids is 1. The monoisotopic (exact) mass is 441 g/mol. The van der Waals surface area contributed by atoms with E-state index in [2.05, 4.69) is 15.8 Å². The number of hydrogen-bond acceptors (Lipinski definition) is 7. The normalized spacial score (nSPS) is 12.2. The molecule has 0 saturated carbocycles. The molecule has 3 aromatic rings. The number of ether oxygens (including phenoxy) is 2. The summed E-state index contributed by atoms with van der Waals surface area (Å²) in [5, 5.41) is 16.0. The lowest BCUT2D eigenvalue weighted by Gasteiger charge is -2.06. The van der Waals surface area contributed by atoms with Gasteiger partial charge < -0.3 is 24.3 Å². The fourth-order valence-electron chi connectivity index (χ4n) is 2.82. The first-order chi connectivity index (χ1) is 15.0. The molecular weight excluding hydrogens is 426 g/mol. The number of fused-ring (bicyclic) bond motifs is 1. The zero-order valence-corrected chi connectivity index (χ0v) is 16.7. The molecule has 1 aromatic heterocycles. The van der Waals surface area contributed by atoms with Crippen LogP contribution in [0.3, 0.4) is 0 Å². The maximum absolute atomic E-state index is 12.0. The van der Waals surface area contributed by atoms with E-state index >= 15 is 0 Å². The van der Waals surface area contributed by atoms with Crippen LogP contribution in [-0.2, 0) is 4.79 Å². The summed E-state index contributed by atoms with van der Waals surface area (Å²) in [5.41, 5.74) is 3.74. The Bertz CT molecular complexity index is 1170.